The molecule has 1 N–H and O–H groups in total. The van der Waals surface area contributed by atoms with Crippen LogP contribution in [0.15, 0.2) is 52.7 Å². The standard InChI is InChI=1S/C18H12ClN3O2S3/c19-16-6-5-15(27-16)18-22-13(9-26-18)17(23)21-12-3-1-2-4-14(12)24-7-11-8-25-10-20-11/h1-6,8-10H,7H2,(H,21,23). The number of thiazole rings is 2. The van der Waals surface area contributed by atoms with Crippen molar-refractivity contribution in [1.82, 2.24) is 9.97 Å². The van der Waals surface area contributed by atoms with Crippen molar-refractivity contribution < 1.29 is 9.53 Å². The van der Waals surface area contributed by atoms with E-state index in [0.717, 1.165) is 15.6 Å². The van der Waals surface area contributed by atoms with E-state index in [1.165, 1.54) is 34.0 Å². The molecule has 0 saturated heterocycles. The Kier molecular flexibility index (Phi) is 5.49. The van der Waals surface area contributed by atoms with E-state index in [4.69, 9.17) is 16.3 Å². The number of anilines is 1. The van der Waals surface area contributed by atoms with Crippen LogP contribution >= 0.6 is 45.6 Å². The van der Waals surface area contributed by atoms with Gasteiger partial charge < -0.3 is 10.1 Å². The monoisotopic (exact) mass is 433 g/mol. The molecule has 3 aromatic heterocycles. The van der Waals surface area contributed by atoms with Gasteiger partial charge in [0.25, 0.3) is 5.91 Å². The second-order valence-electron chi connectivity index (χ2n) is 5.36. The Morgan fingerprint density at radius 1 is 1.19 bits per heavy atom. The van der Waals surface area contributed by atoms with E-state index in [-0.39, 0.29) is 5.91 Å². The normalized spacial score (nSPS) is 10.7. The van der Waals surface area contributed by atoms with Crippen molar-refractivity contribution in [2.24, 2.45) is 0 Å². The molecule has 0 bridgehead atoms. The van der Waals surface area contributed by atoms with E-state index in [1.54, 1.807) is 17.0 Å². The van der Waals surface area contributed by atoms with Crippen molar-refractivity contribution in [3.05, 3.63) is 68.4 Å². The first-order valence-corrected chi connectivity index (χ1v) is 10.8. The number of nitrogens with zero attached hydrogens (tertiary/aromatic N) is 2. The maximum absolute atomic E-state index is 12.6. The topological polar surface area (TPSA) is 64.1 Å². The number of aromatic nitrogens is 2. The van der Waals surface area contributed by atoms with Gasteiger partial charge in [-0.1, -0.05) is 23.7 Å². The predicted octanol–water partition coefficient (Wildman–Crippen LogP) is 5.81. The largest absolute Gasteiger partial charge is 0.485 e. The van der Waals surface area contributed by atoms with E-state index in [9.17, 15) is 4.79 Å². The molecule has 0 radical (unpaired) electrons. The number of nitrogens with one attached hydrogen (secondary N) is 1. The fourth-order valence-electron chi connectivity index (χ4n) is 2.26. The lowest BCUT2D eigenvalue weighted by atomic mass is 10.3. The minimum atomic E-state index is -0.287. The lowest BCUT2D eigenvalue weighted by Crippen LogP contribution is -2.13. The molecular weight excluding hydrogens is 422 g/mol. The zero-order valence-corrected chi connectivity index (χ0v) is 16.9. The fourth-order valence-corrected chi connectivity index (χ4v) is 4.72. The Hall–Kier alpha value is -2.26. The van der Waals surface area contributed by atoms with E-state index in [0.29, 0.717) is 28.1 Å². The number of benzene rings is 1. The molecule has 1 aromatic carbocycles. The van der Waals surface area contributed by atoms with Crippen LogP contribution in [0.4, 0.5) is 5.69 Å². The van der Waals surface area contributed by atoms with Gasteiger partial charge in [0, 0.05) is 10.8 Å². The van der Waals surface area contributed by atoms with E-state index >= 15 is 0 Å². The number of ether oxygens (including phenoxy) is 1. The number of para-hydroxylation sites is 2. The molecule has 0 aliphatic rings. The lowest BCUT2D eigenvalue weighted by molar-refractivity contribution is 0.102. The number of carbonyl (C=O) groups is 1. The third-order valence-electron chi connectivity index (χ3n) is 3.52. The van der Waals surface area contributed by atoms with Crippen LogP contribution in [0.5, 0.6) is 5.75 Å². The van der Waals surface area contributed by atoms with Crippen molar-refractivity contribution in [1.29, 1.82) is 0 Å². The molecule has 0 fully saturated rings. The Morgan fingerprint density at radius 3 is 2.85 bits per heavy atom. The molecule has 4 rings (SSSR count). The molecule has 136 valence electrons. The summed E-state index contributed by atoms with van der Waals surface area (Å²) in [5.41, 5.74) is 3.55. The summed E-state index contributed by atoms with van der Waals surface area (Å²) in [6, 6.07) is 11.0. The van der Waals surface area contributed by atoms with Crippen molar-refractivity contribution >= 4 is 57.2 Å². The number of rotatable bonds is 6. The van der Waals surface area contributed by atoms with Gasteiger partial charge in [0.15, 0.2) is 0 Å². The van der Waals surface area contributed by atoms with E-state index in [1.807, 2.05) is 35.7 Å². The third-order valence-corrected chi connectivity index (χ3v) is 6.39. The van der Waals surface area contributed by atoms with E-state index < -0.39 is 0 Å². The van der Waals surface area contributed by atoms with Crippen LogP contribution in [0.25, 0.3) is 9.88 Å². The number of halogens is 1. The summed E-state index contributed by atoms with van der Waals surface area (Å²) in [6.07, 6.45) is 0. The van der Waals surface area contributed by atoms with Crippen LogP contribution in [0.3, 0.4) is 0 Å². The number of hydrogen-bond acceptors (Lipinski definition) is 7. The molecule has 5 nitrogen and oxygen atoms in total. The van der Waals surface area contributed by atoms with Crippen LogP contribution in [-0.4, -0.2) is 15.9 Å². The molecule has 0 spiro atoms. The summed E-state index contributed by atoms with van der Waals surface area (Å²) in [5, 5.41) is 7.29. The molecule has 9 heteroatoms. The highest BCUT2D eigenvalue weighted by Crippen LogP contribution is 2.33. The molecule has 0 atom stereocenters. The first-order valence-electron chi connectivity index (χ1n) is 7.80. The summed E-state index contributed by atoms with van der Waals surface area (Å²) < 4.78 is 6.49. The Morgan fingerprint density at radius 2 is 2.07 bits per heavy atom. The Balaban J connectivity index is 1.47. The molecule has 1 amide bonds. The van der Waals surface area contributed by atoms with Crippen LogP contribution < -0.4 is 10.1 Å². The summed E-state index contributed by atoms with van der Waals surface area (Å²) in [5.74, 6) is 0.296. The van der Waals surface area contributed by atoms with Gasteiger partial charge in [-0.2, -0.15) is 0 Å². The van der Waals surface area contributed by atoms with Gasteiger partial charge in [-0.05, 0) is 24.3 Å². The Labute approximate surface area is 172 Å². The second-order valence-corrected chi connectivity index (χ2v) is 8.65. The first-order chi connectivity index (χ1) is 13.2. The second kappa shape index (κ2) is 8.18. The van der Waals surface area contributed by atoms with Gasteiger partial charge in [0.1, 0.15) is 23.1 Å². The molecular formula is C18H12ClN3O2S3. The van der Waals surface area contributed by atoms with Crippen LogP contribution in [0, 0.1) is 0 Å². The zero-order chi connectivity index (χ0) is 18.6. The van der Waals surface area contributed by atoms with Crippen LogP contribution in [-0.2, 0) is 6.61 Å². The van der Waals surface area contributed by atoms with Crippen LogP contribution in [0.1, 0.15) is 16.2 Å². The van der Waals surface area contributed by atoms with E-state index in [2.05, 4.69) is 15.3 Å². The van der Waals surface area contributed by atoms with Crippen molar-refractivity contribution in [3.8, 4) is 15.6 Å². The molecule has 0 unspecified atom stereocenters. The van der Waals surface area contributed by atoms with Gasteiger partial charge in [-0.25, -0.2) is 9.97 Å². The summed E-state index contributed by atoms with van der Waals surface area (Å²) in [4.78, 5) is 22.1. The molecule has 3 heterocycles. The average Bonchev–Trinajstić information content (AvgIpc) is 3.42. The quantitative estimate of drug-likeness (QED) is 0.416. The molecule has 0 aliphatic heterocycles. The minimum Gasteiger partial charge on any atom is -0.485 e. The lowest BCUT2D eigenvalue weighted by Gasteiger charge is -2.11. The molecule has 27 heavy (non-hydrogen) atoms. The maximum atomic E-state index is 12.6. The van der Waals surface area contributed by atoms with Crippen molar-refractivity contribution in [2.45, 2.75) is 6.61 Å². The zero-order valence-electron chi connectivity index (χ0n) is 13.7. The summed E-state index contributed by atoms with van der Waals surface area (Å²) in [7, 11) is 0. The summed E-state index contributed by atoms with van der Waals surface area (Å²) in [6.45, 7) is 0.344. The van der Waals surface area contributed by atoms with Gasteiger partial charge in [0.2, 0.25) is 0 Å². The van der Waals surface area contributed by atoms with Gasteiger partial charge in [-0.3, -0.25) is 4.79 Å². The van der Waals surface area contributed by atoms with Gasteiger partial charge in [-0.15, -0.1) is 34.0 Å². The highest BCUT2D eigenvalue weighted by atomic mass is 35.5. The fraction of sp³-hybridized carbons (Fsp3) is 0.0556. The number of hydrogen-bond donors (Lipinski definition) is 1. The first kappa shape index (κ1) is 18.1. The number of carbonyl (C=O) groups excluding carboxylic acids is 1. The van der Waals surface area contributed by atoms with Crippen molar-refractivity contribution in [2.75, 3.05) is 5.32 Å². The SMILES string of the molecule is O=C(Nc1ccccc1OCc1cscn1)c1csc(-c2ccc(Cl)s2)n1. The molecule has 0 saturated carbocycles. The maximum Gasteiger partial charge on any atom is 0.275 e. The Bertz CT molecular complexity index is 1060. The minimum absolute atomic E-state index is 0.287. The van der Waals surface area contributed by atoms with Gasteiger partial charge >= 0.3 is 0 Å². The third kappa shape index (κ3) is 4.36. The van der Waals surface area contributed by atoms with Gasteiger partial charge in [0.05, 0.1) is 26.1 Å². The van der Waals surface area contributed by atoms with Crippen LogP contribution in [0.2, 0.25) is 4.34 Å². The predicted molar refractivity (Wildman–Crippen MR) is 111 cm³/mol. The average molecular weight is 434 g/mol. The smallest absolute Gasteiger partial charge is 0.275 e. The van der Waals surface area contributed by atoms with Crippen molar-refractivity contribution in [3.63, 3.8) is 0 Å². The molecule has 4 aromatic rings. The highest BCUT2D eigenvalue weighted by molar-refractivity contribution is 7.23. The molecule has 0 aliphatic carbocycles. The number of amides is 1. The number of thiophene rings is 1. The summed E-state index contributed by atoms with van der Waals surface area (Å²) >= 11 is 10.3. The highest BCUT2D eigenvalue weighted by Gasteiger charge is 2.15.